The molecule has 0 aliphatic carbocycles. The number of aryl methyl sites for hydroxylation is 2. The van der Waals surface area contributed by atoms with E-state index in [-0.39, 0.29) is 9.41 Å². The highest BCUT2D eigenvalue weighted by atomic mass is 19.0. The van der Waals surface area contributed by atoms with Crippen LogP contribution in [0.1, 0.15) is 0 Å². The zero-order chi connectivity index (χ0) is 10.7. The molecule has 2 aromatic heterocycles. The Bertz CT molecular complexity index is 460. The molecule has 0 radical (unpaired) electrons. The van der Waals surface area contributed by atoms with Crippen molar-refractivity contribution < 1.29 is 23.3 Å². The minimum atomic E-state index is 0. The van der Waals surface area contributed by atoms with E-state index in [9.17, 15) is 0 Å². The summed E-state index contributed by atoms with van der Waals surface area (Å²) < 4.78 is 9.61. The number of hydrogen-bond acceptors (Lipinski definition) is 1. The van der Waals surface area contributed by atoms with Crippen molar-refractivity contribution in [3.05, 3.63) is 49.1 Å². The third kappa shape index (κ3) is 4.14. The van der Waals surface area contributed by atoms with Crippen LogP contribution < -0.4 is 23.3 Å². The van der Waals surface area contributed by atoms with Gasteiger partial charge in [0.15, 0.2) is 24.3 Å². The molecular formula is C12H14F2N2O. The molecule has 0 atom stereocenters. The Kier molecular flexibility index (Phi) is 5.74. The standard InChI is InChI=1S/C12H14N2O.2FH/c1-13-8-5-11(6-9-13)15-12-4-3-7-14(2)10-12;;/h3-10H,1-2H3;2*1H/q+2;;/p-2. The molecule has 0 saturated heterocycles. The topological polar surface area (TPSA) is 17.0 Å². The first-order valence-corrected chi connectivity index (χ1v) is 4.82. The summed E-state index contributed by atoms with van der Waals surface area (Å²) >= 11 is 0. The summed E-state index contributed by atoms with van der Waals surface area (Å²) in [6, 6.07) is 7.77. The molecule has 17 heavy (non-hydrogen) atoms. The second kappa shape index (κ2) is 6.52. The molecule has 2 aromatic rings. The number of ether oxygens (including phenoxy) is 1. The van der Waals surface area contributed by atoms with E-state index in [0.29, 0.717) is 0 Å². The summed E-state index contributed by atoms with van der Waals surface area (Å²) in [5, 5.41) is 0. The van der Waals surface area contributed by atoms with Gasteiger partial charge < -0.3 is 14.1 Å². The molecule has 92 valence electrons. The van der Waals surface area contributed by atoms with Crippen LogP contribution in [0.15, 0.2) is 49.1 Å². The van der Waals surface area contributed by atoms with E-state index in [2.05, 4.69) is 0 Å². The highest BCUT2D eigenvalue weighted by Gasteiger charge is 2.02. The van der Waals surface area contributed by atoms with Crippen LogP contribution in [0.4, 0.5) is 0 Å². The number of rotatable bonds is 2. The van der Waals surface area contributed by atoms with E-state index >= 15 is 0 Å². The van der Waals surface area contributed by atoms with Gasteiger partial charge in [-0.2, -0.15) is 0 Å². The van der Waals surface area contributed by atoms with E-state index in [1.54, 1.807) is 0 Å². The zero-order valence-electron chi connectivity index (χ0n) is 9.68. The molecule has 0 saturated carbocycles. The minimum absolute atomic E-state index is 0. The Labute approximate surface area is 98.6 Å². The van der Waals surface area contributed by atoms with E-state index in [1.807, 2.05) is 72.3 Å². The average Bonchev–Trinajstić information content (AvgIpc) is 2.22. The van der Waals surface area contributed by atoms with Crippen molar-refractivity contribution in [2.75, 3.05) is 0 Å². The third-order valence-corrected chi connectivity index (χ3v) is 2.10. The van der Waals surface area contributed by atoms with E-state index in [4.69, 9.17) is 4.74 Å². The summed E-state index contributed by atoms with van der Waals surface area (Å²) in [6.45, 7) is 0. The fraction of sp³-hybridized carbons (Fsp3) is 0.167. The first kappa shape index (κ1) is 15.0. The quantitative estimate of drug-likeness (QED) is 0.481. The van der Waals surface area contributed by atoms with Crippen molar-refractivity contribution in [1.29, 1.82) is 0 Å². The van der Waals surface area contributed by atoms with E-state index < -0.39 is 0 Å². The molecule has 0 unspecified atom stereocenters. The van der Waals surface area contributed by atoms with Crippen molar-refractivity contribution in [3.8, 4) is 11.5 Å². The maximum atomic E-state index is 5.68. The summed E-state index contributed by atoms with van der Waals surface area (Å²) in [7, 11) is 3.95. The van der Waals surface area contributed by atoms with Gasteiger partial charge in [0, 0.05) is 18.2 Å². The smallest absolute Gasteiger partial charge is 0.211 e. The molecule has 0 aromatic carbocycles. The monoisotopic (exact) mass is 240 g/mol. The number of pyridine rings is 2. The molecule has 0 aliphatic heterocycles. The van der Waals surface area contributed by atoms with Crippen molar-refractivity contribution in [3.63, 3.8) is 0 Å². The molecule has 0 spiro atoms. The van der Waals surface area contributed by atoms with Gasteiger partial charge >= 0.3 is 0 Å². The maximum absolute atomic E-state index is 5.68. The molecule has 0 aliphatic rings. The lowest BCUT2D eigenvalue weighted by Crippen LogP contribution is -3.00. The van der Waals surface area contributed by atoms with Gasteiger partial charge in [-0.25, -0.2) is 9.13 Å². The molecule has 2 heterocycles. The van der Waals surface area contributed by atoms with Crippen LogP contribution in [0.2, 0.25) is 0 Å². The number of aromatic nitrogens is 2. The second-order valence-electron chi connectivity index (χ2n) is 3.51. The van der Waals surface area contributed by atoms with Gasteiger partial charge in [-0.3, -0.25) is 0 Å². The molecule has 3 nitrogen and oxygen atoms in total. The van der Waals surface area contributed by atoms with Crippen LogP contribution in [0.3, 0.4) is 0 Å². The second-order valence-corrected chi connectivity index (χ2v) is 3.51. The molecule has 0 N–H and O–H groups in total. The Hall–Kier alpha value is -2.04. The van der Waals surface area contributed by atoms with Crippen LogP contribution in [-0.4, -0.2) is 0 Å². The SMILES string of the molecule is C[n+]1ccc(Oc2ccc[n+](C)c2)cc1.[F-].[F-]. The summed E-state index contributed by atoms with van der Waals surface area (Å²) in [4.78, 5) is 0. The number of halogens is 2. The molecule has 2 rings (SSSR count). The van der Waals surface area contributed by atoms with Crippen molar-refractivity contribution in [2.24, 2.45) is 14.1 Å². The van der Waals surface area contributed by atoms with E-state index in [0.717, 1.165) is 11.5 Å². The van der Waals surface area contributed by atoms with E-state index in [1.165, 1.54) is 0 Å². The average molecular weight is 240 g/mol. The van der Waals surface area contributed by atoms with Gasteiger partial charge in [0.25, 0.3) is 0 Å². The molecular weight excluding hydrogens is 226 g/mol. The van der Waals surface area contributed by atoms with Gasteiger partial charge in [-0.15, -0.1) is 0 Å². The fourth-order valence-electron chi connectivity index (χ4n) is 1.31. The number of nitrogens with zero attached hydrogens (tertiary/aromatic N) is 2. The lowest BCUT2D eigenvalue weighted by Gasteiger charge is -2.01. The zero-order valence-corrected chi connectivity index (χ0v) is 9.68. The van der Waals surface area contributed by atoms with Crippen LogP contribution in [0.5, 0.6) is 11.5 Å². The predicted molar refractivity (Wildman–Crippen MR) is 55.3 cm³/mol. The van der Waals surface area contributed by atoms with Crippen LogP contribution >= 0.6 is 0 Å². The molecule has 0 bridgehead atoms. The van der Waals surface area contributed by atoms with Crippen LogP contribution in [-0.2, 0) is 14.1 Å². The Morgan fingerprint density at radius 3 is 2.06 bits per heavy atom. The lowest BCUT2D eigenvalue weighted by atomic mass is 10.4. The van der Waals surface area contributed by atoms with Crippen molar-refractivity contribution in [1.82, 2.24) is 0 Å². The van der Waals surface area contributed by atoms with Crippen molar-refractivity contribution >= 4 is 0 Å². The van der Waals surface area contributed by atoms with Crippen LogP contribution in [0.25, 0.3) is 0 Å². The van der Waals surface area contributed by atoms with Crippen molar-refractivity contribution in [2.45, 2.75) is 0 Å². The maximum Gasteiger partial charge on any atom is 0.211 e. The summed E-state index contributed by atoms with van der Waals surface area (Å²) in [5.41, 5.74) is 0. The first-order valence-electron chi connectivity index (χ1n) is 4.82. The fourth-order valence-corrected chi connectivity index (χ4v) is 1.31. The molecule has 0 amide bonds. The first-order chi connectivity index (χ1) is 7.24. The van der Waals surface area contributed by atoms with Gasteiger partial charge in [-0.05, 0) is 6.07 Å². The highest BCUT2D eigenvalue weighted by Crippen LogP contribution is 2.17. The Balaban J connectivity index is 0.00000128. The third-order valence-electron chi connectivity index (χ3n) is 2.10. The largest absolute Gasteiger partial charge is 1.00 e. The predicted octanol–water partition coefficient (Wildman–Crippen LogP) is -4.86. The minimum Gasteiger partial charge on any atom is -1.00 e. The normalized spacial score (nSPS) is 8.82. The van der Waals surface area contributed by atoms with Gasteiger partial charge in [-0.1, -0.05) is 0 Å². The van der Waals surface area contributed by atoms with Gasteiger partial charge in [0.2, 0.25) is 6.20 Å². The Morgan fingerprint density at radius 1 is 0.824 bits per heavy atom. The van der Waals surface area contributed by atoms with Gasteiger partial charge in [0.05, 0.1) is 0 Å². The molecule has 0 fully saturated rings. The molecule has 5 heteroatoms. The number of hydrogen-bond donors (Lipinski definition) is 0. The highest BCUT2D eigenvalue weighted by molar-refractivity contribution is 5.24. The Morgan fingerprint density at radius 2 is 1.47 bits per heavy atom. The van der Waals surface area contributed by atoms with Gasteiger partial charge in [0.1, 0.15) is 19.8 Å². The summed E-state index contributed by atoms with van der Waals surface area (Å²) in [5.74, 6) is 1.69. The van der Waals surface area contributed by atoms with Crippen LogP contribution in [0, 0.1) is 0 Å². The lowest BCUT2D eigenvalue weighted by molar-refractivity contribution is -0.672. The summed E-state index contributed by atoms with van der Waals surface area (Å²) in [6.07, 6.45) is 7.82.